The van der Waals surface area contributed by atoms with Crippen molar-refractivity contribution in [2.75, 3.05) is 50.1 Å². The average molecular weight is 436 g/mol. The minimum atomic E-state index is -0.262. The molecule has 3 rings (SSSR count). The zero-order chi connectivity index (χ0) is 20.8. The van der Waals surface area contributed by atoms with E-state index in [0.29, 0.717) is 21.3 Å². The molecule has 0 aromatic heterocycles. The molecule has 2 amide bonds. The summed E-state index contributed by atoms with van der Waals surface area (Å²) in [5, 5.41) is 3.77. The van der Waals surface area contributed by atoms with Gasteiger partial charge in [0, 0.05) is 41.6 Å². The number of likely N-dealkylation sites (N-methyl/N-ethyl adjacent to an activating group) is 1. The number of amides is 2. The molecule has 0 spiro atoms. The third-order valence-corrected chi connectivity index (χ3v) is 5.28. The van der Waals surface area contributed by atoms with Crippen LogP contribution in [0.1, 0.15) is 5.56 Å². The van der Waals surface area contributed by atoms with E-state index in [1.807, 2.05) is 24.3 Å². The van der Waals surface area contributed by atoms with Gasteiger partial charge in [0.25, 0.3) is 0 Å². The first-order valence-corrected chi connectivity index (χ1v) is 10.1. The Hall–Kier alpha value is -2.28. The van der Waals surface area contributed by atoms with E-state index in [9.17, 15) is 9.59 Å². The van der Waals surface area contributed by atoms with Crippen LogP contribution in [0.4, 0.5) is 11.4 Å². The Kier molecular flexibility index (Phi) is 7.36. The van der Waals surface area contributed by atoms with Crippen LogP contribution in [0.2, 0.25) is 10.0 Å². The number of carbonyl (C=O) groups excluding carboxylic acids is 2. The van der Waals surface area contributed by atoms with E-state index in [1.54, 1.807) is 25.2 Å². The molecule has 6 nitrogen and oxygen atoms in total. The lowest BCUT2D eigenvalue weighted by atomic mass is 10.1. The number of halogens is 2. The number of benzene rings is 2. The number of carbonyl (C=O) groups is 2. The fraction of sp³-hybridized carbons (Fsp3) is 0.333. The summed E-state index contributed by atoms with van der Waals surface area (Å²) in [7, 11) is 1.59. The van der Waals surface area contributed by atoms with Crippen LogP contribution >= 0.6 is 23.2 Å². The van der Waals surface area contributed by atoms with Gasteiger partial charge in [-0.15, -0.1) is 0 Å². The number of morpholine rings is 1. The quantitative estimate of drug-likeness (QED) is 0.754. The van der Waals surface area contributed by atoms with Crippen LogP contribution in [-0.4, -0.2) is 56.6 Å². The van der Waals surface area contributed by atoms with Gasteiger partial charge in [-0.05, 0) is 42.0 Å². The summed E-state index contributed by atoms with van der Waals surface area (Å²) < 4.78 is 5.36. The highest BCUT2D eigenvalue weighted by molar-refractivity contribution is 6.35. The zero-order valence-corrected chi connectivity index (χ0v) is 17.7. The second-order valence-electron chi connectivity index (χ2n) is 6.86. The third-order valence-electron chi connectivity index (χ3n) is 4.69. The molecule has 2 aromatic rings. The van der Waals surface area contributed by atoms with Crippen LogP contribution in [0.25, 0.3) is 0 Å². The Bertz CT molecular complexity index is 868. The van der Waals surface area contributed by atoms with Crippen LogP contribution in [-0.2, 0) is 20.7 Å². The van der Waals surface area contributed by atoms with Crippen molar-refractivity contribution in [3.8, 4) is 0 Å². The molecule has 0 radical (unpaired) electrons. The first-order valence-electron chi connectivity index (χ1n) is 9.33. The highest BCUT2D eigenvalue weighted by Crippen LogP contribution is 2.22. The summed E-state index contributed by atoms with van der Waals surface area (Å²) >= 11 is 12.0. The van der Waals surface area contributed by atoms with Crippen molar-refractivity contribution in [3.63, 3.8) is 0 Å². The molecule has 0 unspecified atom stereocenters. The largest absolute Gasteiger partial charge is 0.378 e. The van der Waals surface area contributed by atoms with Crippen LogP contribution in [0, 0.1) is 0 Å². The fourth-order valence-electron chi connectivity index (χ4n) is 3.04. The van der Waals surface area contributed by atoms with Gasteiger partial charge in [-0.1, -0.05) is 29.3 Å². The smallest absolute Gasteiger partial charge is 0.243 e. The minimum absolute atomic E-state index is 0.0464. The van der Waals surface area contributed by atoms with Crippen LogP contribution in [0.3, 0.4) is 0 Å². The SMILES string of the molecule is CN(CC(=O)Nc1ccc(N2CCOCC2)cc1)C(=O)Cc1ccc(Cl)cc1Cl. The molecule has 1 aliphatic rings. The summed E-state index contributed by atoms with van der Waals surface area (Å²) in [4.78, 5) is 28.3. The molecule has 1 saturated heterocycles. The van der Waals surface area contributed by atoms with Crippen molar-refractivity contribution in [1.82, 2.24) is 4.90 Å². The van der Waals surface area contributed by atoms with Gasteiger partial charge in [-0.3, -0.25) is 9.59 Å². The Labute approximate surface area is 180 Å². The maximum atomic E-state index is 12.4. The molecule has 8 heteroatoms. The summed E-state index contributed by atoms with van der Waals surface area (Å²) in [6, 6.07) is 12.7. The third kappa shape index (κ3) is 6.10. The van der Waals surface area contributed by atoms with E-state index in [4.69, 9.17) is 27.9 Å². The molecular weight excluding hydrogens is 413 g/mol. The fourth-order valence-corrected chi connectivity index (χ4v) is 3.52. The molecule has 1 aliphatic heterocycles. The van der Waals surface area contributed by atoms with Crippen molar-refractivity contribution in [2.24, 2.45) is 0 Å². The van der Waals surface area contributed by atoms with Gasteiger partial charge in [-0.25, -0.2) is 0 Å². The van der Waals surface area contributed by atoms with Gasteiger partial charge in [0.15, 0.2) is 0 Å². The van der Waals surface area contributed by atoms with Crippen LogP contribution in [0.5, 0.6) is 0 Å². The van der Waals surface area contributed by atoms with Crippen molar-refractivity contribution in [3.05, 3.63) is 58.1 Å². The lowest BCUT2D eigenvalue weighted by Crippen LogP contribution is -2.36. The summed E-state index contributed by atoms with van der Waals surface area (Å²) in [5.41, 5.74) is 2.46. The summed E-state index contributed by atoms with van der Waals surface area (Å²) in [5.74, 6) is -0.464. The molecule has 2 aromatic carbocycles. The second-order valence-corrected chi connectivity index (χ2v) is 7.70. The normalized spacial score (nSPS) is 13.8. The monoisotopic (exact) mass is 435 g/mol. The first-order chi connectivity index (χ1) is 13.9. The Balaban J connectivity index is 1.50. The number of ether oxygens (including phenoxy) is 1. The van der Waals surface area contributed by atoms with Gasteiger partial charge in [0.2, 0.25) is 11.8 Å². The van der Waals surface area contributed by atoms with Crippen LogP contribution < -0.4 is 10.2 Å². The molecule has 29 heavy (non-hydrogen) atoms. The molecule has 1 heterocycles. The van der Waals surface area contributed by atoms with Crippen molar-refractivity contribution in [2.45, 2.75) is 6.42 Å². The van der Waals surface area contributed by atoms with Gasteiger partial charge in [0.1, 0.15) is 0 Å². The molecule has 0 saturated carbocycles. The van der Waals surface area contributed by atoms with E-state index in [1.165, 1.54) is 4.90 Å². The number of hydrogen-bond donors (Lipinski definition) is 1. The Morgan fingerprint density at radius 3 is 2.45 bits per heavy atom. The number of rotatable bonds is 6. The molecule has 1 N–H and O–H groups in total. The van der Waals surface area contributed by atoms with Gasteiger partial charge < -0.3 is 19.9 Å². The maximum Gasteiger partial charge on any atom is 0.243 e. The lowest BCUT2D eigenvalue weighted by Gasteiger charge is -2.28. The maximum absolute atomic E-state index is 12.4. The Morgan fingerprint density at radius 1 is 1.10 bits per heavy atom. The molecular formula is C21H23Cl2N3O3. The highest BCUT2D eigenvalue weighted by atomic mass is 35.5. The average Bonchev–Trinajstić information content (AvgIpc) is 2.71. The van der Waals surface area contributed by atoms with E-state index in [0.717, 1.165) is 32.0 Å². The number of anilines is 2. The number of nitrogens with one attached hydrogen (secondary N) is 1. The molecule has 0 bridgehead atoms. The zero-order valence-electron chi connectivity index (χ0n) is 16.2. The lowest BCUT2D eigenvalue weighted by molar-refractivity contribution is -0.132. The predicted octanol–water partition coefficient (Wildman–Crippen LogP) is 3.47. The standard InChI is InChI=1S/C21H23Cl2N3O3/c1-25(21(28)12-15-2-3-16(22)13-19(15)23)14-20(27)24-17-4-6-18(7-5-17)26-8-10-29-11-9-26/h2-7,13H,8-12,14H2,1H3,(H,24,27). The topological polar surface area (TPSA) is 61.9 Å². The number of hydrogen-bond acceptors (Lipinski definition) is 4. The second kappa shape index (κ2) is 9.96. The van der Waals surface area contributed by atoms with Gasteiger partial charge in [0.05, 0.1) is 26.2 Å². The molecule has 0 atom stereocenters. The van der Waals surface area contributed by atoms with Crippen molar-refractivity contribution in [1.29, 1.82) is 0 Å². The molecule has 154 valence electrons. The number of nitrogens with zero attached hydrogens (tertiary/aromatic N) is 2. The summed E-state index contributed by atoms with van der Waals surface area (Å²) in [6.45, 7) is 3.11. The summed E-state index contributed by atoms with van der Waals surface area (Å²) in [6.07, 6.45) is 0.105. The Morgan fingerprint density at radius 2 is 1.79 bits per heavy atom. The minimum Gasteiger partial charge on any atom is -0.378 e. The van der Waals surface area contributed by atoms with E-state index >= 15 is 0 Å². The van der Waals surface area contributed by atoms with Crippen molar-refractivity contribution < 1.29 is 14.3 Å². The first kappa shape index (κ1) is 21.4. The van der Waals surface area contributed by atoms with E-state index in [2.05, 4.69) is 10.2 Å². The van der Waals surface area contributed by atoms with Crippen LogP contribution in [0.15, 0.2) is 42.5 Å². The van der Waals surface area contributed by atoms with E-state index in [-0.39, 0.29) is 24.8 Å². The molecule has 0 aliphatic carbocycles. The molecule has 1 fully saturated rings. The van der Waals surface area contributed by atoms with Crippen molar-refractivity contribution >= 4 is 46.4 Å². The van der Waals surface area contributed by atoms with E-state index < -0.39 is 0 Å². The predicted molar refractivity (Wildman–Crippen MR) is 116 cm³/mol. The van der Waals surface area contributed by atoms with Gasteiger partial charge >= 0.3 is 0 Å². The van der Waals surface area contributed by atoms with Gasteiger partial charge in [-0.2, -0.15) is 0 Å². The highest BCUT2D eigenvalue weighted by Gasteiger charge is 2.16.